The van der Waals surface area contributed by atoms with Crippen LogP contribution in [0.2, 0.25) is 0 Å². The highest BCUT2D eigenvalue weighted by molar-refractivity contribution is 5.76. The fourth-order valence-corrected chi connectivity index (χ4v) is 3.61. The molecule has 1 aliphatic heterocycles. The van der Waals surface area contributed by atoms with Crippen molar-refractivity contribution < 1.29 is 9.59 Å². The molecule has 1 saturated heterocycles. The first-order valence-electron chi connectivity index (χ1n) is 10.2. The third kappa shape index (κ3) is 8.03. The zero-order chi connectivity index (χ0) is 18.6. The first-order valence-corrected chi connectivity index (χ1v) is 10.2. The fourth-order valence-electron chi connectivity index (χ4n) is 3.61. The molecular weight excluding hydrogens is 324 g/mol. The Bertz CT molecular complexity index is 536. The number of hydrogen-bond donors (Lipinski definition) is 1. The predicted molar refractivity (Wildman–Crippen MR) is 106 cm³/mol. The van der Waals surface area contributed by atoms with Crippen LogP contribution in [0.4, 0.5) is 0 Å². The fraction of sp³-hybridized carbons (Fsp3) is 0.636. The molecule has 0 unspecified atom stereocenters. The van der Waals surface area contributed by atoms with Gasteiger partial charge in [0.2, 0.25) is 11.8 Å². The van der Waals surface area contributed by atoms with Crippen LogP contribution in [0.25, 0.3) is 0 Å². The molecule has 1 aliphatic rings. The maximum Gasteiger partial charge on any atom is 0.220 e. The molecule has 0 saturated carbocycles. The van der Waals surface area contributed by atoms with Crippen molar-refractivity contribution in [3.63, 3.8) is 0 Å². The highest BCUT2D eigenvalue weighted by Crippen LogP contribution is 2.12. The zero-order valence-corrected chi connectivity index (χ0v) is 16.2. The van der Waals surface area contributed by atoms with E-state index in [1.165, 1.54) is 37.7 Å². The van der Waals surface area contributed by atoms with Crippen molar-refractivity contribution in [2.24, 2.45) is 0 Å². The van der Waals surface area contributed by atoms with E-state index in [0.717, 1.165) is 38.8 Å². The number of amides is 2. The summed E-state index contributed by atoms with van der Waals surface area (Å²) in [6.45, 7) is 3.15. The summed E-state index contributed by atoms with van der Waals surface area (Å²) in [6, 6.07) is 10.9. The summed E-state index contributed by atoms with van der Waals surface area (Å²) >= 11 is 0. The molecule has 1 heterocycles. The van der Waals surface area contributed by atoms with Crippen molar-refractivity contribution >= 4 is 11.8 Å². The van der Waals surface area contributed by atoms with Crippen molar-refractivity contribution in [1.29, 1.82) is 0 Å². The molecular formula is C22H34N2O2. The molecule has 0 bridgehead atoms. The van der Waals surface area contributed by atoms with Gasteiger partial charge in [-0.1, -0.05) is 56.0 Å². The number of unbranched alkanes of at least 4 members (excludes halogenated alkanes) is 5. The summed E-state index contributed by atoms with van der Waals surface area (Å²) < 4.78 is 0. The van der Waals surface area contributed by atoms with E-state index in [2.05, 4.69) is 35.6 Å². The van der Waals surface area contributed by atoms with E-state index in [0.29, 0.717) is 6.42 Å². The van der Waals surface area contributed by atoms with Gasteiger partial charge in [-0.25, -0.2) is 0 Å². The molecule has 1 N–H and O–H groups in total. The number of aryl methyl sites for hydroxylation is 1. The van der Waals surface area contributed by atoms with Crippen LogP contribution in [-0.4, -0.2) is 35.8 Å². The maximum absolute atomic E-state index is 12.0. The van der Waals surface area contributed by atoms with Crippen LogP contribution in [-0.2, 0) is 16.0 Å². The normalized spacial score (nSPS) is 15.0. The maximum atomic E-state index is 12.0. The molecule has 1 fully saturated rings. The minimum Gasteiger partial charge on any atom is -0.353 e. The van der Waals surface area contributed by atoms with Crippen LogP contribution < -0.4 is 5.32 Å². The highest BCUT2D eigenvalue weighted by atomic mass is 16.2. The molecule has 4 nitrogen and oxygen atoms in total. The Hall–Kier alpha value is -1.84. The minimum atomic E-state index is 0.138. The van der Waals surface area contributed by atoms with E-state index in [1.54, 1.807) is 6.92 Å². The number of benzene rings is 1. The Labute approximate surface area is 158 Å². The Morgan fingerprint density at radius 2 is 1.58 bits per heavy atom. The van der Waals surface area contributed by atoms with Gasteiger partial charge in [0.1, 0.15) is 0 Å². The summed E-state index contributed by atoms with van der Waals surface area (Å²) in [5.74, 6) is 0.314. The molecule has 0 atom stereocenters. The number of nitrogens with zero attached hydrogens (tertiary/aromatic N) is 1. The second-order valence-electron chi connectivity index (χ2n) is 7.45. The quantitative estimate of drug-likeness (QED) is 0.641. The molecule has 144 valence electrons. The van der Waals surface area contributed by atoms with E-state index in [-0.39, 0.29) is 17.9 Å². The first kappa shape index (κ1) is 20.5. The van der Waals surface area contributed by atoms with Gasteiger partial charge in [-0.05, 0) is 37.7 Å². The van der Waals surface area contributed by atoms with Crippen LogP contribution in [0.5, 0.6) is 0 Å². The van der Waals surface area contributed by atoms with Crippen molar-refractivity contribution in [3.8, 4) is 0 Å². The second kappa shape index (κ2) is 11.7. The Balaban J connectivity index is 1.42. The summed E-state index contributed by atoms with van der Waals surface area (Å²) in [6.07, 6.45) is 10.7. The van der Waals surface area contributed by atoms with Crippen molar-refractivity contribution in [1.82, 2.24) is 10.2 Å². The van der Waals surface area contributed by atoms with E-state index in [1.807, 2.05) is 4.90 Å². The van der Waals surface area contributed by atoms with Crippen molar-refractivity contribution in [2.75, 3.05) is 13.1 Å². The van der Waals surface area contributed by atoms with Crippen molar-refractivity contribution in [3.05, 3.63) is 35.9 Å². The van der Waals surface area contributed by atoms with Crippen LogP contribution in [0, 0.1) is 0 Å². The summed E-state index contributed by atoms with van der Waals surface area (Å²) in [4.78, 5) is 25.2. The number of carbonyl (C=O) groups is 2. The highest BCUT2D eigenvalue weighted by Gasteiger charge is 2.21. The van der Waals surface area contributed by atoms with Crippen LogP contribution in [0.1, 0.15) is 70.3 Å². The van der Waals surface area contributed by atoms with E-state index in [9.17, 15) is 9.59 Å². The van der Waals surface area contributed by atoms with Crippen LogP contribution in [0.15, 0.2) is 30.3 Å². The van der Waals surface area contributed by atoms with Gasteiger partial charge in [0.15, 0.2) is 0 Å². The third-order valence-electron chi connectivity index (χ3n) is 5.27. The van der Waals surface area contributed by atoms with Crippen molar-refractivity contribution in [2.45, 2.75) is 77.2 Å². The topological polar surface area (TPSA) is 49.4 Å². The molecule has 1 aromatic rings. The number of hydrogen-bond acceptors (Lipinski definition) is 2. The molecule has 2 amide bonds. The molecule has 0 aromatic heterocycles. The molecule has 0 aliphatic carbocycles. The van der Waals surface area contributed by atoms with Gasteiger partial charge >= 0.3 is 0 Å². The molecule has 1 aromatic carbocycles. The standard InChI is InChI=1S/C22H34N2O2/c1-19(25)24-17-15-21(16-18-24)23-22(26)14-10-5-3-2-4-7-11-20-12-8-6-9-13-20/h6,8-9,12-13,21H,2-5,7,10-11,14-18H2,1H3,(H,23,26). The van der Waals surface area contributed by atoms with E-state index < -0.39 is 0 Å². The number of carbonyl (C=O) groups excluding carboxylic acids is 2. The summed E-state index contributed by atoms with van der Waals surface area (Å²) in [5.41, 5.74) is 1.43. The van der Waals surface area contributed by atoms with Crippen LogP contribution >= 0.6 is 0 Å². The average Bonchev–Trinajstić information content (AvgIpc) is 2.65. The lowest BCUT2D eigenvalue weighted by Crippen LogP contribution is -2.45. The molecule has 26 heavy (non-hydrogen) atoms. The second-order valence-corrected chi connectivity index (χ2v) is 7.45. The lowest BCUT2D eigenvalue weighted by Gasteiger charge is -2.31. The van der Waals surface area contributed by atoms with Crippen LogP contribution in [0.3, 0.4) is 0 Å². The lowest BCUT2D eigenvalue weighted by molar-refractivity contribution is -0.130. The smallest absolute Gasteiger partial charge is 0.220 e. The van der Waals surface area contributed by atoms with E-state index in [4.69, 9.17) is 0 Å². The third-order valence-corrected chi connectivity index (χ3v) is 5.27. The average molecular weight is 359 g/mol. The number of rotatable bonds is 10. The molecule has 4 heteroatoms. The first-order chi connectivity index (χ1) is 12.6. The van der Waals surface area contributed by atoms with Gasteiger partial charge in [-0.3, -0.25) is 9.59 Å². The van der Waals surface area contributed by atoms with Gasteiger partial charge < -0.3 is 10.2 Å². The van der Waals surface area contributed by atoms with E-state index >= 15 is 0 Å². The Kier molecular flexibility index (Phi) is 9.22. The number of likely N-dealkylation sites (tertiary alicyclic amines) is 1. The number of piperidine rings is 1. The monoisotopic (exact) mass is 358 g/mol. The SMILES string of the molecule is CC(=O)N1CCC(NC(=O)CCCCCCCCc2ccccc2)CC1. The molecule has 2 rings (SSSR count). The van der Waals surface area contributed by atoms with Gasteiger partial charge in [-0.15, -0.1) is 0 Å². The summed E-state index contributed by atoms with van der Waals surface area (Å²) in [5, 5.41) is 3.13. The largest absolute Gasteiger partial charge is 0.353 e. The Morgan fingerprint density at radius 3 is 2.23 bits per heavy atom. The van der Waals surface area contributed by atoms with Gasteiger partial charge in [0.25, 0.3) is 0 Å². The number of nitrogens with one attached hydrogen (secondary N) is 1. The van der Waals surface area contributed by atoms with Gasteiger partial charge in [0.05, 0.1) is 0 Å². The molecule has 0 spiro atoms. The zero-order valence-electron chi connectivity index (χ0n) is 16.2. The summed E-state index contributed by atoms with van der Waals surface area (Å²) in [7, 11) is 0. The van der Waals surface area contributed by atoms with Gasteiger partial charge in [0, 0.05) is 32.5 Å². The van der Waals surface area contributed by atoms with Gasteiger partial charge in [-0.2, -0.15) is 0 Å². The lowest BCUT2D eigenvalue weighted by atomic mass is 10.0. The minimum absolute atomic E-state index is 0.138. The predicted octanol–water partition coefficient (Wildman–Crippen LogP) is 4.09. The Morgan fingerprint density at radius 1 is 0.962 bits per heavy atom. The molecule has 0 radical (unpaired) electrons.